The van der Waals surface area contributed by atoms with Crippen molar-refractivity contribution in [3.8, 4) is 0 Å². The molecule has 0 atom stereocenters. The summed E-state index contributed by atoms with van der Waals surface area (Å²) >= 11 is 0. The predicted octanol–water partition coefficient (Wildman–Crippen LogP) is 0.150. The van der Waals surface area contributed by atoms with Crippen molar-refractivity contribution in [1.82, 2.24) is 23.8 Å². The Bertz CT molecular complexity index is 1100. The van der Waals surface area contributed by atoms with E-state index in [4.69, 9.17) is 9.26 Å². The number of imidazole rings is 1. The summed E-state index contributed by atoms with van der Waals surface area (Å²) in [5.41, 5.74) is 0.545. The van der Waals surface area contributed by atoms with Gasteiger partial charge in [0.2, 0.25) is 0 Å². The maximum absolute atomic E-state index is 12.4. The molecular formula is C16H19N5O5. The van der Waals surface area contributed by atoms with Crippen molar-refractivity contribution in [2.75, 3.05) is 6.61 Å². The van der Waals surface area contributed by atoms with E-state index in [1.165, 1.54) is 17.9 Å². The summed E-state index contributed by atoms with van der Waals surface area (Å²) in [4.78, 5) is 40.7. The van der Waals surface area contributed by atoms with Gasteiger partial charge in [-0.1, -0.05) is 12.1 Å². The number of hydrogen-bond acceptors (Lipinski definition) is 7. The van der Waals surface area contributed by atoms with E-state index < -0.39 is 17.2 Å². The van der Waals surface area contributed by atoms with Gasteiger partial charge in [0, 0.05) is 14.1 Å². The molecule has 0 N–H and O–H groups in total. The highest BCUT2D eigenvalue weighted by atomic mass is 16.5. The van der Waals surface area contributed by atoms with E-state index in [0.717, 1.165) is 4.57 Å². The van der Waals surface area contributed by atoms with Gasteiger partial charge in [-0.3, -0.25) is 13.9 Å². The Labute approximate surface area is 147 Å². The van der Waals surface area contributed by atoms with E-state index in [2.05, 4.69) is 10.1 Å². The van der Waals surface area contributed by atoms with Gasteiger partial charge in [-0.05, 0) is 13.3 Å². The molecule has 3 aromatic heterocycles. The topological polar surface area (TPSA) is 114 Å². The molecule has 0 aliphatic heterocycles. The molecule has 3 aromatic rings. The second-order valence-corrected chi connectivity index (χ2v) is 5.87. The molecular weight excluding hydrogens is 342 g/mol. The van der Waals surface area contributed by atoms with Crippen LogP contribution < -0.4 is 11.2 Å². The molecule has 0 saturated heterocycles. The van der Waals surface area contributed by atoms with E-state index >= 15 is 0 Å². The van der Waals surface area contributed by atoms with Crippen molar-refractivity contribution in [3.63, 3.8) is 0 Å². The van der Waals surface area contributed by atoms with Crippen LogP contribution in [0.5, 0.6) is 0 Å². The number of fused-ring (bicyclic) bond motifs is 1. The van der Waals surface area contributed by atoms with Gasteiger partial charge in [0.1, 0.15) is 17.9 Å². The minimum Gasteiger partial charge on any atom is -0.460 e. The zero-order valence-corrected chi connectivity index (χ0v) is 15.0. The van der Waals surface area contributed by atoms with Crippen LogP contribution in [0, 0.1) is 6.92 Å². The molecule has 0 aromatic carbocycles. The fourth-order valence-corrected chi connectivity index (χ4v) is 2.80. The van der Waals surface area contributed by atoms with Crippen LogP contribution in [-0.4, -0.2) is 36.4 Å². The number of rotatable bonds is 5. The maximum atomic E-state index is 12.4. The number of aromatic nitrogens is 5. The minimum atomic E-state index is -0.523. The normalized spacial score (nSPS) is 11.2. The largest absolute Gasteiger partial charge is 0.460 e. The summed E-state index contributed by atoms with van der Waals surface area (Å²) in [6, 6.07) is 0. The number of hydrogen-bond donors (Lipinski definition) is 0. The third-order valence-corrected chi connectivity index (χ3v) is 4.25. The number of carbonyl (C=O) groups excluding carboxylic acids is 1. The highest BCUT2D eigenvalue weighted by Gasteiger charge is 2.21. The average molecular weight is 361 g/mol. The second kappa shape index (κ2) is 6.62. The second-order valence-electron chi connectivity index (χ2n) is 5.87. The first-order valence-electron chi connectivity index (χ1n) is 8.09. The molecule has 10 heteroatoms. The highest BCUT2D eigenvalue weighted by molar-refractivity contribution is 5.91. The lowest BCUT2D eigenvalue weighted by Crippen LogP contribution is -2.37. The Balaban J connectivity index is 1.81. The molecule has 138 valence electrons. The summed E-state index contributed by atoms with van der Waals surface area (Å²) < 4.78 is 14.2. The number of aryl methyl sites for hydroxylation is 3. The summed E-state index contributed by atoms with van der Waals surface area (Å²) in [7, 11) is 2.95. The van der Waals surface area contributed by atoms with E-state index in [0.29, 0.717) is 23.4 Å². The number of nitrogens with zero attached hydrogens (tertiary/aromatic N) is 5. The van der Waals surface area contributed by atoms with Crippen LogP contribution >= 0.6 is 0 Å². The van der Waals surface area contributed by atoms with Gasteiger partial charge in [-0.2, -0.15) is 0 Å². The molecule has 3 heterocycles. The molecule has 0 radical (unpaired) electrons. The van der Waals surface area contributed by atoms with Crippen LogP contribution in [0.15, 0.2) is 20.4 Å². The minimum absolute atomic E-state index is 0.0318. The molecule has 0 aliphatic rings. The van der Waals surface area contributed by atoms with Crippen LogP contribution in [0.1, 0.15) is 28.7 Å². The fraction of sp³-hybridized carbons (Fsp3) is 0.438. The number of esters is 1. The summed E-state index contributed by atoms with van der Waals surface area (Å²) in [5, 5.41) is 3.83. The smallest absolute Gasteiger partial charge is 0.343 e. The molecule has 0 bridgehead atoms. The van der Waals surface area contributed by atoms with Crippen LogP contribution in [-0.2, 0) is 31.8 Å². The molecule has 0 unspecified atom stereocenters. The first kappa shape index (κ1) is 17.6. The zero-order valence-electron chi connectivity index (χ0n) is 15.0. The highest BCUT2D eigenvalue weighted by Crippen LogP contribution is 2.15. The number of carbonyl (C=O) groups is 1. The van der Waals surface area contributed by atoms with Gasteiger partial charge in [0.05, 0.1) is 18.6 Å². The average Bonchev–Trinajstić information content (AvgIpc) is 3.21. The van der Waals surface area contributed by atoms with E-state index in [1.807, 2.05) is 6.92 Å². The molecule has 0 spiro atoms. The molecule has 10 nitrogen and oxygen atoms in total. The molecule has 3 rings (SSSR count). The first-order valence-corrected chi connectivity index (χ1v) is 8.09. The van der Waals surface area contributed by atoms with E-state index in [9.17, 15) is 14.4 Å². The van der Waals surface area contributed by atoms with Gasteiger partial charge in [-0.25, -0.2) is 14.6 Å². The summed E-state index contributed by atoms with van der Waals surface area (Å²) in [5.74, 6) is -0.117. The summed E-state index contributed by atoms with van der Waals surface area (Å²) in [6.45, 7) is 3.77. The Kier molecular flexibility index (Phi) is 4.49. The van der Waals surface area contributed by atoms with Crippen molar-refractivity contribution in [2.45, 2.75) is 26.8 Å². The van der Waals surface area contributed by atoms with Gasteiger partial charge >= 0.3 is 11.7 Å². The maximum Gasteiger partial charge on any atom is 0.343 e. The molecule has 0 amide bonds. The lowest BCUT2D eigenvalue weighted by Gasteiger charge is -2.08. The lowest BCUT2D eigenvalue weighted by atomic mass is 10.1. The van der Waals surface area contributed by atoms with Crippen LogP contribution in [0.25, 0.3) is 11.2 Å². The van der Waals surface area contributed by atoms with E-state index in [1.54, 1.807) is 18.5 Å². The quantitative estimate of drug-likeness (QED) is 0.594. The molecule has 0 aliphatic carbocycles. The van der Waals surface area contributed by atoms with Crippen molar-refractivity contribution in [3.05, 3.63) is 44.2 Å². The molecule has 0 saturated carbocycles. The van der Waals surface area contributed by atoms with Gasteiger partial charge in [0.25, 0.3) is 5.56 Å². The van der Waals surface area contributed by atoms with Crippen LogP contribution in [0.4, 0.5) is 0 Å². The molecule has 0 fully saturated rings. The van der Waals surface area contributed by atoms with Crippen LogP contribution in [0.2, 0.25) is 0 Å². The van der Waals surface area contributed by atoms with Gasteiger partial charge in [-0.15, -0.1) is 0 Å². The SMILES string of the molecule is CCc1noc(C)c1C(=O)OCCn1cnc2c1c(=O)n(C)c(=O)n2C. The Morgan fingerprint density at radius 3 is 2.69 bits per heavy atom. The lowest BCUT2D eigenvalue weighted by molar-refractivity contribution is 0.0489. The monoisotopic (exact) mass is 361 g/mol. The van der Waals surface area contributed by atoms with Crippen molar-refractivity contribution < 1.29 is 14.1 Å². The van der Waals surface area contributed by atoms with Crippen molar-refractivity contribution in [2.24, 2.45) is 14.1 Å². The van der Waals surface area contributed by atoms with Gasteiger partial charge < -0.3 is 13.8 Å². The Hall–Kier alpha value is -3.17. The Morgan fingerprint density at radius 2 is 2.00 bits per heavy atom. The predicted molar refractivity (Wildman–Crippen MR) is 91.1 cm³/mol. The van der Waals surface area contributed by atoms with Crippen molar-refractivity contribution in [1.29, 1.82) is 0 Å². The Morgan fingerprint density at radius 1 is 1.27 bits per heavy atom. The third-order valence-electron chi connectivity index (χ3n) is 4.25. The first-order chi connectivity index (χ1) is 12.4. The van der Waals surface area contributed by atoms with Crippen LogP contribution in [0.3, 0.4) is 0 Å². The number of ether oxygens (including phenoxy) is 1. The zero-order chi connectivity index (χ0) is 19.0. The fourth-order valence-electron chi connectivity index (χ4n) is 2.80. The molecule has 26 heavy (non-hydrogen) atoms. The van der Waals surface area contributed by atoms with Gasteiger partial charge in [0.15, 0.2) is 11.2 Å². The van der Waals surface area contributed by atoms with E-state index in [-0.39, 0.29) is 24.3 Å². The summed E-state index contributed by atoms with van der Waals surface area (Å²) in [6.07, 6.45) is 2.00. The standard InChI is InChI=1S/C16H19N5O5/c1-5-10-11(9(2)26-18-10)15(23)25-7-6-21-8-17-13-12(21)14(22)20(4)16(24)19(13)3/h8H,5-7H2,1-4H3. The third kappa shape index (κ3) is 2.72. The van der Waals surface area contributed by atoms with Crippen molar-refractivity contribution >= 4 is 17.1 Å².